The number of benzene rings is 1. The van der Waals surface area contributed by atoms with E-state index in [4.69, 9.17) is 5.73 Å². The Kier molecular flexibility index (Phi) is 4.26. The molecule has 0 aromatic heterocycles. The summed E-state index contributed by atoms with van der Waals surface area (Å²) in [6.07, 6.45) is 1.14. The van der Waals surface area contributed by atoms with Gasteiger partial charge in [0.2, 0.25) is 0 Å². The van der Waals surface area contributed by atoms with Crippen LogP contribution in [0.2, 0.25) is 0 Å². The molecule has 2 N–H and O–H groups in total. The summed E-state index contributed by atoms with van der Waals surface area (Å²) in [5.41, 5.74) is 7.94. The van der Waals surface area contributed by atoms with Crippen molar-refractivity contribution in [1.82, 2.24) is 0 Å². The van der Waals surface area contributed by atoms with Crippen LogP contribution in [-0.2, 0) is 0 Å². The summed E-state index contributed by atoms with van der Waals surface area (Å²) in [5, 5.41) is 0. The largest absolute Gasteiger partial charge is 0.397 e. The van der Waals surface area contributed by atoms with Crippen LogP contribution in [-0.4, -0.2) is 13.1 Å². The molecular formula is C11H17BrN2. The van der Waals surface area contributed by atoms with E-state index in [0.717, 1.165) is 35.4 Å². The lowest BCUT2D eigenvalue weighted by Gasteiger charge is -2.24. The van der Waals surface area contributed by atoms with Gasteiger partial charge >= 0.3 is 0 Å². The van der Waals surface area contributed by atoms with Gasteiger partial charge in [0.05, 0.1) is 11.4 Å². The normalized spacial score (nSPS) is 10.2. The van der Waals surface area contributed by atoms with Crippen LogP contribution in [0.25, 0.3) is 0 Å². The Morgan fingerprint density at radius 3 is 2.57 bits per heavy atom. The van der Waals surface area contributed by atoms with E-state index in [0.29, 0.717) is 0 Å². The number of anilines is 2. The van der Waals surface area contributed by atoms with Gasteiger partial charge in [-0.25, -0.2) is 0 Å². The third-order valence-corrected chi connectivity index (χ3v) is 2.70. The molecule has 0 fully saturated rings. The second kappa shape index (κ2) is 5.25. The molecule has 1 aromatic carbocycles. The van der Waals surface area contributed by atoms with Gasteiger partial charge in [-0.2, -0.15) is 0 Å². The Labute approximate surface area is 94.2 Å². The lowest BCUT2D eigenvalue weighted by atomic mass is 10.2. The summed E-state index contributed by atoms with van der Waals surface area (Å²) in [7, 11) is 0. The SMILES string of the molecule is CCCN(CC)c1ccc(Br)cc1N. The topological polar surface area (TPSA) is 29.3 Å². The smallest absolute Gasteiger partial charge is 0.0600 e. The second-order valence-corrected chi connectivity index (χ2v) is 4.20. The Morgan fingerprint density at radius 2 is 2.07 bits per heavy atom. The first-order valence-corrected chi connectivity index (χ1v) is 5.78. The fourth-order valence-electron chi connectivity index (χ4n) is 1.53. The first-order valence-electron chi connectivity index (χ1n) is 4.99. The average Bonchev–Trinajstić information content (AvgIpc) is 2.15. The minimum Gasteiger partial charge on any atom is -0.397 e. The maximum atomic E-state index is 5.96. The molecule has 0 heterocycles. The van der Waals surface area contributed by atoms with Crippen LogP contribution in [0.4, 0.5) is 11.4 Å². The molecule has 3 heteroatoms. The Hall–Kier alpha value is -0.700. The number of nitrogens with zero attached hydrogens (tertiary/aromatic N) is 1. The number of nitrogens with two attached hydrogens (primary N) is 1. The van der Waals surface area contributed by atoms with Crippen LogP contribution >= 0.6 is 15.9 Å². The molecule has 0 aliphatic rings. The van der Waals surface area contributed by atoms with Crippen LogP contribution in [0.15, 0.2) is 22.7 Å². The third-order valence-electron chi connectivity index (χ3n) is 2.21. The Bertz CT molecular complexity index is 299. The van der Waals surface area contributed by atoms with E-state index < -0.39 is 0 Å². The molecule has 0 unspecified atom stereocenters. The summed E-state index contributed by atoms with van der Waals surface area (Å²) in [6.45, 7) is 6.39. The van der Waals surface area contributed by atoms with Crippen LogP contribution < -0.4 is 10.6 Å². The van der Waals surface area contributed by atoms with E-state index in [9.17, 15) is 0 Å². The van der Waals surface area contributed by atoms with E-state index >= 15 is 0 Å². The van der Waals surface area contributed by atoms with Gasteiger partial charge in [-0.3, -0.25) is 0 Å². The van der Waals surface area contributed by atoms with Crippen molar-refractivity contribution in [3.05, 3.63) is 22.7 Å². The number of rotatable bonds is 4. The summed E-state index contributed by atoms with van der Waals surface area (Å²) >= 11 is 3.41. The maximum Gasteiger partial charge on any atom is 0.0600 e. The van der Waals surface area contributed by atoms with Gasteiger partial charge in [0, 0.05) is 17.6 Å². The molecule has 0 saturated carbocycles. The molecule has 2 nitrogen and oxygen atoms in total. The highest BCUT2D eigenvalue weighted by molar-refractivity contribution is 9.10. The van der Waals surface area contributed by atoms with Gasteiger partial charge in [-0.15, -0.1) is 0 Å². The van der Waals surface area contributed by atoms with Gasteiger partial charge in [0.15, 0.2) is 0 Å². The van der Waals surface area contributed by atoms with Crippen molar-refractivity contribution in [3.63, 3.8) is 0 Å². The summed E-state index contributed by atoms with van der Waals surface area (Å²) in [4.78, 5) is 2.29. The Balaban J connectivity index is 2.92. The standard InChI is InChI=1S/C11H17BrN2/c1-3-7-14(4-2)11-6-5-9(12)8-10(11)13/h5-6,8H,3-4,7,13H2,1-2H3. The van der Waals surface area contributed by atoms with Crippen LogP contribution in [0.5, 0.6) is 0 Å². The van der Waals surface area contributed by atoms with Crippen LogP contribution in [0.1, 0.15) is 20.3 Å². The number of halogens is 1. The van der Waals surface area contributed by atoms with Crippen molar-refractivity contribution in [3.8, 4) is 0 Å². The molecule has 0 saturated heterocycles. The molecule has 1 aromatic rings. The van der Waals surface area contributed by atoms with Crippen molar-refractivity contribution in [1.29, 1.82) is 0 Å². The van der Waals surface area contributed by atoms with Crippen LogP contribution in [0, 0.1) is 0 Å². The van der Waals surface area contributed by atoms with Crippen molar-refractivity contribution in [2.45, 2.75) is 20.3 Å². The predicted molar refractivity (Wildman–Crippen MR) is 66.7 cm³/mol. The minimum atomic E-state index is 0.842. The highest BCUT2D eigenvalue weighted by Gasteiger charge is 2.06. The average molecular weight is 257 g/mol. The lowest BCUT2D eigenvalue weighted by Crippen LogP contribution is -2.24. The molecular weight excluding hydrogens is 240 g/mol. The summed E-state index contributed by atoms with van der Waals surface area (Å²) in [6, 6.07) is 6.05. The number of hydrogen-bond acceptors (Lipinski definition) is 2. The van der Waals surface area contributed by atoms with Gasteiger partial charge < -0.3 is 10.6 Å². The van der Waals surface area contributed by atoms with Gasteiger partial charge in [0.25, 0.3) is 0 Å². The fraction of sp³-hybridized carbons (Fsp3) is 0.455. The molecule has 0 amide bonds. The van der Waals surface area contributed by atoms with E-state index in [2.05, 4.69) is 40.7 Å². The first kappa shape index (κ1) is 11.4. The highest BCUT2D eigenvalue weighted by Crippen LogP contribution is 2.26. The molecule has 0 spiro atoms. The van der Waals surface area contributed by atoms with E-state index in [1.807, 2.05) is 12.1 Å². The van der Waals surface area contributed by atoms with E-state index in [1.165, 1.54) is 0 Å². The van der Waals surface area contributed by atoms with Crippen molar-refractivity contribution < 1.29 is 0 Å². The summed E-state index contributed by atoms with van der Waals surface area (Å²) < 4.78 is 1.03. The first-order chi connectivity index (χ1) is 6.69. The maximum absolute atomic E-state index is 5.96. The van der Waals surface area contributed by atoms with Gasteiger partial charge in [-0.05, 0) is 31.5 Å². The zero-order valence-corrected chi connectivity index (χ0v) is 10.3. The van der Waals surface area contributed by atoms with E-state index in [1.54, 1.807) is 0 Å². The number of hydrogen-bond donors (Lipinski definition) is 1. The molecule has 0 bridgehead atoms. The van der Waals surface area contributed by atoms with Gasteiger partial charge in [-0.1, -0.05) is 22.9 Å². The summed E-state index contributed by atoms with van der Waals surface area (Å²) in [5.74, 6) is 0. The molecule has 1 rings (SSSR count). The quantitative estimate of drug-likeness (QED) is 0.839. The molecule has 0 radical (unpaired) electrons. The third kappa shape index (κ3) is 2.64. The van der Waals surface area contributed by atoms with Crippen molar-refractivity contribution in [2.75, 3.05) is 23.7 Å². The van der Waals surface area contributed by atoms with Crippen molar-refractivity contribution in [2.24, 2.45) is 0 Å². The Morgan fingerprint density at radius 1 is 1.36 bits per heavy atom. The van der Waals surface area contributed by atoms with Crippen molar-refractivity contribution >= 4 is 27.3 Å². The zero-order valence-electron chi connectivity index (χ0n) is 8.76. The second-order valence-electron chi connectivity index (χ2n) is 3.28. The monoisotopic (exact) mass is 256 g/mol. The molecule has 0 aliphatic carbocycles. The highest BCUT2D eigenvalue weighted by atomic mass is 79.9. The molecule has 0 atom stereocenters. The number of nitrogen functional groups attached to an aromatic ring is 1. The van der Waals surface area contributed by atoms with Crippen LogP contribution in [0.3, 0.4) is 0 Å². The fourth-order valence-corrected chi connectivity index (χ4v) is 1.91. The predicted octanol–water partition coefficient (Wildman–Crippen LogP) is 3.27. The van der Waals surface area contributed by atoms with Gasteiger partial charge in [0.1, 0.15) is 0 Å². The zero-order chi connectivity index (χ0) is 10.6. The lowest BCUT2D eigenvalue weighted by molar-refractivity contribution is 0.793. The molecule has 14 heavy (non-hydrogen) atoms. The molecule has 0 aliphatic heterocycles. The minimum absolute atomic E-state index is 0.842. The molecule has 78 valence electrons. The van der Waals surface area contributed by atoms with E-state index in [-0.39, 0.29) is 0 Å².